The van der Waals surface area contributed by atoms with Crippen molar-refractivity contribution in [3.05, 3.63) is 0 Å². The van der Waals surface area contributed by atoms with E-state index in [0.29, 0.717) is 24.5 Å². The van der Waals surface area contributed by atoms with Gasteiger partial charge in [-0.05, 0) is 44.2 Å². The molecule has 20 heavy (non-hydrogen) atoms. The van der Waals surface area contributed by atoms with Crippen LogP contribution >= 0.6 is 0 Å². The summed E-state index contributed by atoms with van der Waals surface area (Å²) in [5, 5.41) is 3.32. The van der Waals surface area contributed by atoms with Gasteiger partial charge in [0.05, 0.1) is 19.1 Å². The van der Waals surface area contributed by atoms with Crippen molar-refractivity contribution in [3.63, 3.8) is 0 Å². The van der Waals surface area contributed by atoms with Gasteiger partial charge in [-0.2, -0.15) is 0 Å². The number of hydrogen-bond donors (Lipinski definition) is 1. The minimum Gasteiger partial charge on any atom is -0.378 e. The monoisotopic (exact) mass is 282 g/mol. The SMILES string of the molecule is CCC1(C)CCN(C(=O)CCOC2CCNCC2)CC1. The van der Waals surface area contributed by atoms with Crippen molar-refractivity contribution in [1.29, 1.82) is 0 Å². The number of amides is 1. The summed E-state index contributed by atoms with van der Waals surface area (Å²) < 4.78 is 5.82. The number of carbonyl (C=O) groups excluding carboxylic acids is 1. The van der Waals surface area contributed by atoms with Gasteiger partial charge in [0.2, 0.25) is 5.91 Å². The van der Waals surface area contributed by atoms with E-state index >= 15 is 0 Å². The fraction of sp³-hybridized carbons (Fsp3) is 0.938. The lowest BCUT2D eigenvalue weighted by Gasteiger charge is -2.39. The average molecular weight is 282 g/mol. The Labute approximate surface area is 123 Å². The minimum atomic E-state index is 0.275. The fourth-order valence-electron chi connectivity index (χ4n) is 3.08. The number of rotatable bonds is 5. The molecule has 0 bridgehead atoms. The summed E-state index contributed by atoms with van der Waals surface area (Å²) in [4.78, 5) is 14.2. The Hall–Kier alpha value is -0.610. The lowest BCUT2D eigenvalue weighted by Crippen LogP contribution is -2.42. The molecule has 4 heteroatoms. The zero-order valence-electron chi connectivity index (χ0n) is 13.1. The first-order valence-corrected chi connectivity index (χ1v) is 8.23. The molecule has 116 valence electrons. The first-order valence-electron chi connectivity index (χ1n) is 8.23. The van der Waals surface area contributed by atoms with Gasteiger partial charge in [-0.15, -0.1) is 0 Å². The molecule has 1 amide bonds. The summed E-state index contributed by atoms with van der Waals surface area (Å²) in [6.07, 6.45) is 6.56. The van der Waals surface area contributed by atoms with Crippen molar-refractivity contribution in [1.82, 2.24) is 10.2 Å². The van der Waals surface area contributed by atoms with E-state index in [1.807, 2.05) is 4.90 Å². The van der Waals surface area contributed by atoms with Gasteiger partial charge in [0.15, 0.2) is 0 Å². The molecule has 0 aromatic rings. The Morgan fingerprint density at radius 2 is 1.95 bits per heavy atom. The van der Waals surface area contributed by atoms with E-state index in [2.05, 4.69) is 19.2 Å². The van der Waals surface area contributed by atoms with Gasteiger partial charge in [-0.1, -0.05) is 20.3 Å². The Morgan fingerprint density at radius 1 is 1.30 bits per heavy atom. The second-order valence-corrected chi connectivity index (χ2v) is 6.62. The Kier molecular flexibility index (Phi) is 5.85. The van der Waals surface area contributed by atoms with E-state index in [0.717, 1.165) is 51.9 Å². The third kappa shape index (κ3) is 4.45. The van der Waals surface area contributed by atoms with Crippen LogP contribution in [-0.2, 0) is 9.53 Å². The van der Waals surface area contributed by atoms with Crippen LogP contribution in [0, 0.1) is 5.41 Å². The van der Waals surface area contributed by atoms with Crippen molar-refractivity contribution in [2.75, 3.05) is 32.8 Å². The van der Waals surface area contributed by atoms with Crippen LogP contribution < -0.4 is 5.32 Å². The molecule has 1 N–H and O–H groups in total. The van der Waals surface area contributed by atoms with E-state index in [1.54, 1.807) is 0 Å². The molecule has 0 unspecified atom stereocenters. The van der Waals surface area contributed by atoms with Gasteiger partial charge in [-0.3, -0.25) is 4.79 Å². The maximum absolute atomic E-state index is 12.2. The van der Waals surface area contributed by atoms with Crippen molar-refractivity contribution in [2.24, 2.45) is 5.41 Å². The first-order chi connectivity index (χ1) is 9.63. The third-order valence-corrected chi connectivity index (χ3v) is 5.13. The Morgan fingerprint density at radius 3 is 2.55 bits per heavy atom. The predicted molar refractivity (Wildman–Crippen MR) is 80.7 cm³/mol. The standard InChI is InChI=1S/C16H30N2O2/c1-3-16(2)7-11-18(12-8-16)15(19)6-13-20-14-4-9-17-10-5-14/h14,17H,3-13H2,1-2H3. The number of piperidine rings is 2. The molecule has 2 aliphatic heterocycles. The van der Waals surface area contributed by atoms with E-state index in [-0.39, 0.29) is 5.91 Å². The van der Waals surface area contributed by atoms with Gasteiger partial charge < -0.3 is 15.0 Å². The summed E-state index contributed by atoms with van der Waals surface area (Å²) >= 11 is 0. The molecule has 2 heterocycles. The summed E-state index contributed by atoms with van der Waals surface area (Å²) in [7, 11) is 0. The van der Waals surface area contributed by atoms with Gasteiger partial charge in [-0.25, -0.2) is 0 Å². The highest BCUT2D eigenvalue weighted by Gasteiger charge is 2.30. The van der Waals surface area contributed by atoms with Crippen molar-refractivity contribution in [2.45, 2.75) is 58.5 Å². The van der Waals surface area contributed by atoms with Crippen molar-refractivity contribution >= 4 is 5.91 Å². The lowest BCUT2D eigenvalue weighted by atomic mass is 9.78. The molecule has 0 atom stereocenters. The van der Waals surface area contributed by atoms with Crippen molar-refractivity contribution in [3.8, 4) is 0 Å². The average Bonchev–Trinajstić information content (AvgIpc) is 2.49. The van der Waals surface area contributed by atoms with E-state index < -0.39 is 0 Å². The van der Waals surface area contributed by atoms with Gasteiger partial charge in [0, 0.05) is 13.1 Å². The highest BCUT2D eigenvalue weighted by atomic mass is 16.5. The van der Waals surface area contributed by atoms with Crippen LogP contribution in [-0.4, -0.2) is 49.7 Å². The summed E-state index contributed by atoms with van der Waals surface area (Å²) in [5.41, 5.74) is 0.447. The second-order valence-electron chi connectivity index (χ2n) is 6.62. The number of ether oxygens (including phenoxy) is 1. The summed E-state index contributed by atoms with van der Waals surface area (Å²) in [6.45, 7) is 9.12. The largest absolute Gasteiger partial charge is 0.378 e. The zero-order valence-corrected chi connectivity index (χ0v) is 13.1. The fourth-order valence-corrected chi connectivity index (χ4v) is 3.08. The molecule has 2 aliphatic rings. The molecule has 2 fully saturated rings. The molecule has 0 saturated carbocycles. The zero-order chi connectivity index (χ0) is 14.4. The topological polar surface area (TPSA) is 41.6 Å². The first kappa shape index (κ1) is 15.8. The van der Waals surface area contributed by atoms with Crippen molar-refractivity contribution < 1.29 is 9.53 Å². The van der Waals surface area contributed by atoms with E-state index in [1.165, 1.54) is 6.42 Å². The third-order valence-electron chi connectivity index (χ3n) is 5.13. The predicted octanol–water partition coefficient (Wildman–Crippen LogP) is 2.18. The summed E-state index contributed by atoms with van der Waals surface area (Å²) in [5.74, 6) is 0.275. The Balaban J connectivity index is 1.63. The molecule has 0 aromatic heterocycles. The number of likely N-dealkylation sites (tertiary alicyclic amines) is 1. The smallest absolute Gasteiger partial charge is 0.224 e. The van der Waals surface area contributed by atoms with Gasteiger partial charge in [0.25, 0.3) is 0 Å². The molecular formula is C16H30N2O2. The van der Waals surface area contributed by atoms with Gasteiger partial charge >= 0.3 is 0 Å². The molecule has 2 rings (SSSR count). The van der Waals surface area contributed by atoms with E-state index in [4.69, 9.17) is 4.74 Å². The second kappa shape index (κ2) is 7.41. The molecule has 2 saturated heterocycles. The highest BCUT2D eigenvalue weighted by molar-refractivity contribution is 5.76. The molecule has 4 nitrogen and oxygen atoms in total. The number of nitrogens with one attached hydrogen (secondary N) is 1. The maximum Gasteiger partial charge on any atom is 0.224 e. The number of carbonyl (C=O) groups is 1. The van der Waals surface area contributed by atoms with Gasteiger partial charge in [0.1, 0.15) is 0 Å². The Bertz CT molecular complexity index is 306. The van der Waals surface area contributed by atoms with Crippen LogP contribution in [0.3, 0.4) is 0 Å². The van der Waals surface area contributed by atoms with Crippen LogP contribution in [0.5, 0.6) is 0 Å². The molecule has 0 aliphatic carbocycles. The van der Waals surface area contributed by atoms with Crippen LogP contribution in [0.15, 0.2) is 0 Å². The molecule has 0 radical (unpaired) electrons. The quantitative estimate of drug-likeness (QED) is 0.840. The van der Waals surface area contributed by atoms with Crippen LogP contribution in [0.25, 0.3) is 0 Å². The normalized spacial score (nSPS) is 23.8. The lowest BCUT2D eigenvalue weighted by molar-refractivity contribution is -0.135. The molecule has 0 aromatic carbocycles. The van der Waals surface area contributed by atoms with Crippen LogP contribution in [0.2, 0.25) is 0 Å². The van der Waals surface area contributed by atoms with Crippen LogP contribution in [0.1, 0.15) is 52.4 Å². The minimum absolute atomic E-state index is 0.275. The molecular weight excluding hydrogens is 252 g/mol. The number of nitrogens with zero attached hydrogens (tertiary/aromatic N) is 1. The number of hydrogen-bond acceptors (Lipinski definition) is 3. The molecule has 0 spiro atoms. The summed E-state index contributed by atoms with van der Waals surface area (Å²) in [6, 6.07) is 0. The van der Waals surface area contributed by atoms with Crippen LogP contribution in [0.4, 0.5) is 0 Å². The highest BCUT2D eigenvalue weighted by Crippen LogP contribution is 2.33. The maximum atomic E-state index is 12.2. The van der Waals surface area contributed by atoms with E-state index in [9.17, 15) is 4.79 Å².